The van der Waals surface area contributed by atoms with E-state index in [1.165, 1.54) is 7.11 Å². The minimum absolute atomic E-state index is 0.101. The van der Waals surface area contributed by atoms with Crippen LogP contribution >= 0.6 is 0 Å². The van der Waals surface area contributed by atoms with E-state index in [1.54, 1.807) is 21.7 Å². The molecule has 1 aromatic carbocycles. The van der Waals surface area contributed by atoms with Crippen molar-refractivity contribution in [1.82, 2.24) is 19.7 Å². The number of ether oxygens (including phenoxy) is 1. The third kappa shape index (κ3) is 3.32. The molecule has 0 bridgehead atoms. The number of methoxy groups -OCH3 is 1. The first-order valence-electron chi connectivity index (χ1n) is 9.19. The van der Waals surface area contributed by atoms with E-state index in [9.17, 15) is 9.90 Å². The zero-order valence-electron chi connectivity index (χ0n) is 15.6. The highest BCUT2D eigenvalue weighted by molar-refractivity contribution is 6.06. The molecule has 0 aliphatic carbocycles. The molecule has 1 amide bonds. The Morgan fingerprint density at radius 3 is 2.89 bits per heavy atom. The molecule has 0 unspecified atom stereocenters. The zero-order chi connectivity index (χ0) is 19.7. The molecule has 4 rings (SSSR count). The van der Waals surface area contributed by atoms with Crippen LogP contribution in [-0.2, 0) is 13.1 Å². The molecule has 3 aromatic rings. The Bertz CT molecular complexity index is 1020. The highest BCUT2D eigenvalue weighted by Crippen LogP contribution is 2.25. The van der Waals surface area contributed by atoms with Gasteiger partial charge < -0.3 is 19.8 Å². The number of nitrogens with zero attached hydrogens (tertiary/aromatic N) is 4. The number of carbonyl (C=O) groups is 1. The van der Waals surface area contributed by atoms with Crippen molar-refractivity contribution < 1.29 is 19.7 Å². The average Bonchev–Trinajstić information content (AvgIpc) is 3.03. The maximum absolute atomic E-state index is 13.4. The second-order valence-corrected chi connectivity index (χ2v) is 6.79. The highest BCUT2D eigenvalue weighted by atomic mass is 16.5. The van der Waals surface area contributed by atoms with Crippen molar-refractivity contribution in [1.29, 1.82) is 0 Å². The fourth-order valence-electron chi connectivity index (χ4n) is 3.52. The number of aryl methyl sites for hydroxylation is 1. The first kappa shape index (κ1) is 18.4. The van der Waals surface area contributed by atoms with Gasteiger partial charge in [-0.15, -0.1) is 0 Å². The standard InChI is InChI=1S/C20H22N4O4/c1-28-19-10-15(14-5-2-3-6-16(14)21-19)20(27)23-7-4-8-24-13(11-23)9-17(22-24)18(26)12-25/h2-3,5-6,9-10,18,25-26H,4,7-8,11-12H2,1H3/t18-/m0/s1. The number of aliphatic hydroxyl groups is 2. The number of benzene rings is 1. The smallest absolute Gasteiger partial charge is 0.255 e. The van der Waals surface area contributed by atoms with E-state index in [1.807, 2.05) is 24.3 Å². The quantitative estimate of drug-likeness (QED) is 0.709. The van der Waals surface area contributed by atoms with Crippen LogP contribution in [0.5, 0.6) is 5.88 Å². The molecule has 1 aliphatic rings. The number of fused-ring (bicyclic) bond motifs is 2. The van der Waals surface area contributed by atoms with Gasteiger partial charge in [-0.3, -0.25) is 9.48 Å². The third-order valence-corrected chi connectivity index (χ3v) is 4.97. The number of hydrogen-bond donors (Lipinski definition) is 2. The summed E-state index contributed by atoms with van der Waals surface area (Å²) in [7, 11) is 1.53. The number of para-hydroxylation sites is 1. The molecule has 8 heteroatoms. The van der Waals surface area contributed by atoms with Crippen LogP contribution in [0.1, 0.15) is 34.3 Å². The van der Waals surface area contributed by atoms with Crippen LogP contribution in [0.3, 0.4) is 0 Å². The summed E-state index contributed by atoms with van der Waals surface area (Å²) in [6, 6.07) is 10.9. The Kier molecular flexibility index (Phi) is 4.97. The molecule has 3 heterocycles. The van der Waals surface area contributed by atoms with Crippen LogP contribution < -0.4 is 4.74 Å². The van der Waals surface area contributed by atoms with Gasteiger partial charge in [-0.25, -0.2) is 4.98 Å². The Morgan fingerprint density at radius 2 is 2.11 bits per heavy atom. The van der Waals surface area contributed by atoms with Crippen molar-refractivity contribution in [3.8, 4) is 5.88 Å². The maximum Gasteiger partial charge on any atom is 0.255 e. The summed E-state index contributed by atoms with van der Waals surface area (Å²) in [5.74, 6) is 0.297. The van der Waals surface area contributed by atoms with E-state index in [0.717, 1.165) is 17.5 Å². The van der Waals surface area contributed by atoms with Crippen molar-refractivity contribution >= 4 is 16.8 Å². The van der Waals surface area contributed by atoms with Gasteiger partial charge in [-0.05, 0) is 18.6 Å². The third-order valence-electron chi connectivity index (χ3n) is 4.97. The minimum atomic E-state index is -1.02. The number of carbonyl (C=O) groups excluding carboxylic acids is 1. The summed E-state index contributed by atoms with van der Waals surface area (Å²) in [6.45, 7) is 1.24. The lowest BCUT2D eigenvalue weighted by atomic mass is 10.1. The van der Waals surface area contributed by atoms with Gasteiger partial charge in [0, 0.05) is 24.5 Å². The number of hydrogen-bond acceptors (Lipinski definition) is 6. The Morgan fingerprint density at radius 1 is 1.29 bits per heavy atom. The summed E-state index contributed by atoms with van der Waals surface area (Å²) in [5.41, 5.74) is 2.51. The molecule has 2 aromatic heterocycles. The van der Waals surface area contributed by atoms with Gasteiger partial charge in [0.2, 0.25) is 5.88 Å². The van der Waals surface area contributed by atoms with Crippen LogP contribution in [0.25, 0.3) is 10.9 Å². The van der Waals surface area contributed by atoms with E-state index in [-0.39, 0.29) is 12.5 Å². The van der Waals surface area contributed by atoms with E-state index in [0.29, 0.717) is 42.3 Å². The van der Waals surface area contributed by atoms with Gasteiger partial charge in [-0.1, -0.05) is 18.2 Å². The number of amides is 1. The van der Waals surface area contributed by atoms with Gasteiger partial charge in [0.15, 0.2) is 0 Å². The number of aromatic nitrogens is 3. The summed E-state index contributed by atoms with van der Waals surface area (Å²) in [6.07, 6.45) is -0.271. The van der Waals surface area contributed by atoms with Gasteiger partial charge in [0.05, 0.1) is 42.7 Å². The first-order valence-corrected chi connectivity index (χ1v) is 9.19. The first-order chi connectivity index (χ1) is 13.6. The fourth-order valence-corrected chi connectivity index (χ4v) is 3.52. The lowest BCUT2D eigenvalue weighted by Crippen LogP contribution is -2.31. The van der Waals surface area contributed by atoms with Gasteiger partial charge in [0.25, 0.3) is 5.91 Å². The summed E-state index contributed by atoms with van der Waals surface area (Å²) >= 11 is 0. The largest absolute Gasteiger partial charge is 0.481 e. The van der Waals surface area contributed by atoms with Gasteiger partial charge in [0.1, 0.15) is 6.10 Å². The van der Waals surface area contributed by atoms with Crippen LogP contribution in [0.4, 0.5) is 0 Å². The Hall–Kier alpha value is -2.97. The number of rotatable bonds is 4. The molecule has 0 fully saturated rings. The summed E-state index contributed by atoms with van der Waals surface area (Å²) in [4.78, 5) is 19.5. The zero-order valence-corrected chi connectivity index (χ0v) is 15.6. The Balaban J connectivity index is 1.69. The maximum atomic E-state index is 13.4. The van der Waals surface area contributed by atoms with E-state index >= 15 is 0 Å². The van der Waals surface area contributed by atoms with Crippen LogP contribution in [0.15, 0.2) is 36.4 Å². The summed E-state index contributed by atoms with van der Waals surface area (Å²) in [5, 5.41) is 24.2. The van der Waals surface area contributed by atoms with Gasteiger partial charge >= 0.3 is 0 Å². The molecule has 1 aliphatic heterocycles. The minimum Gasteiger partial charge on any atom is -0.481 e. The summed E-state index contributed by atoms with van der Waals surface area (Å²) < 4.78 is 7.07. The molecular weight excluding hydrogens is 360 g/mol. The van der Waals surface area contributed by atoms with E-state index in [2.05, 4.69) is 10.1 Å². The van der Waals surface area contributed by atoms with E-state index in [4.69, 9.17) is 9.84 Å². The molecule has 1 atom stereocenters. The monoisotopic (exact) mass is 382 g/mol. The topological polar surface area (TPSA) is 101 Å². The molecule has 0 saturated heterocycles. The second kappa shape index (κ2) is 7.57. The number of pyridine rings is 1. The fraction of sp³-hybridized carbons (Fsp3) is 0.350. The normalized spacial score (nSPS) is 15.2. The van der Waals surface area contributed by atoms with Crippen molar-refractivity contribution in [3.63, 3.8) is 0 Å². The van der Waals surface area contributed by atoms with Gasteiger partial charge in [-0.2, -0.15) is 5.10 Å². The predicted octanol–water partition coefficient (Wildman–Crippen LogP) is 1.51. The lowest BCUT2D eigenvalue weighted by Gasteiger charge is -2.21. The molecule has 0 spiro atoms. The molecule has 8 nitrogen and oxygen atoms in total. The van der Waals surface area contributed by atoms with Crippen molar-refractivity contribution in [2.24, 2.45) is 0 Å². The predicted molar refractivity (Wildman–Crippen MR) is 102 cm³/mol. The lowest BCUT2D eigenvalue weighted by molar-refractivity contribution is 0.0747. The van der Waals surface area contributed by atoms with Crippen molar-refractivity contribution in [2.75, 3.05) is 20.3 Å². The molecule has 0 radical (unpaired) electrons. The van der Waals surface area contributed by atoms with Crippen LogP contribution in [0.2, 0.25) is 0 Å². The van der Waals surface area contributed by atoms with E-state index < -0.39 is 6.10 Å². The SMILES string of the molecule is COc1cc(C(=O)N2CCCn3nc([C@@H](O)CO)cc3C2)c2ccccc2n1. The van der Waals surface area contributed by atoms with Crippen LogP contribution in [-0.4, -0.2) is 56.0 Å². The molecule has 0 saturated carbocycles. The second-order valence-electron chi connectivity index (χ2n) is 6.79. The van der Waals surface area contributed by atoms with Crippen molar-refractivity contribution in [2.45, 2.75) is 25.6 Å². The molecule has 2 N–H and O–H groups in total. The molecule has 28 heavy (non-hydrogen) atoms. The molecule has 146 valence electrons. The Labute approximate surface area is 162 Å². The van der Waals surface area contributed by atoms with Crippen molar-refractivity contribution in [3.05, 3.63) is 53.3 Å². The average molecular weight is 382 g/mol. The molecular formula is C20H22N4O4. The highest BCUT2D eigenvalue weighted by Gasteiger charge is 2.25. The van der Waals surface area contributed by atoms with Crippen LogP contribution in [0, 0.1) is 0 Å². The number of aliphatic hydroxyl groups excluding tert-OH is 2.